The van der Waals surface area contributed by atoms with Crippen LogP contribution in [0.15, 0.2) is 66.0 Å². The van der Waals surface area contributed by atoms with Crippen molar-refractivity contribution in [2.45, 2.75) is 31.5 Å². The number of aromatic nitrogens is 3. The van der Waals surface area contributed by atoms with E-state index in [0.717, 1.165) is 12.8 Å². The lowest BCUT2D eigenvalue weighted by atomic mass is 10.1. The quantitative estimate of drug-likeness (QED) is 0.404. The van der Waals surface area contributed by atoms with E-state index in [4.69, 9.17) is 4.74 Å². The molecule has 2 aromatic heterocycles. The lowest BCUT2D eigenvalue weighted by Crippen LogP contribution is -2.46. The first-order valence-electron chi connectivity index (χ1n) is 11.4. The zero-order valence-corrected chi connectivity index (χ0v) is 19.7. The van der Waals surface area contributed by atoms with Gasteiger partial charge in [0.25, 0.3) is 0 Å². The number of benzene rings is 2. The van der Waals surface area contributed by atoms with Crippen molar-refractivity contribution >= 4 is 39.9 Å². The highest BCUT2D eigenvalue weighted by Crippen LogP contribution is 2.31. The van der Waals surface area contributed by atoms with Crippen molar-refractivity contribution in [1.82, 2.24) is 20.3 Å². The minimum atomic E-state index is -0.941. The number of carbonyl (C=O) groups excluding carboxylic acids is 2. The summed E-state index contributed by atoms with van der Waals surface area (Å²) < 4.78 is 20.9. The Morgan fingerprint density at radius 2 is 2.00 bits per heavy atom. The fraction of sp³-hybridized carbons (Fsp3) is 0.280. The molecule has 0 aliphatic carbocycles. The standard InChI is InChI=1S/C25H24FN5O3S/c26-17-9-11-18(12-10-17)31(23(32)16-30-21-7-2-1-6-20(21)28-29-30)24(22-8-4-14-35-22)25(33)27-15-19-5-3-13-34-19/h1-2,4,6-12,14,19,24H,3,5,13,15-16H2,(H,27,33)/t19-,24-/m1/s1. The first-order valence-corrected chi connectivity index (χ1v) is 12.3. The number of amides is 2. The topological polar surface area (TPSA) is 89.4 Å². The van der Waals surface area contributed by atoms with Crippen LogP contribution in [0.1, 0.15) is 23.8 Å². The number of thiophene rings is 1. The molecule has 3 heterocycles. The number of rotatable bonds is 8. The third-order valence-electron chi connectivity index (χ3n) is 5.93. The summed E-state index contributed by atoms with van der Waals surface area (Å²) in [4.78, 5) is 29.4. The Morgan fingerprint density at radius 1 is 1.17 bits per heavy atom. The average Bonchev–Trinajstić information content (AvgIpc) is 3.65. The van der Waals surface area contributed by atoms with Crippen LogP contribution in [0.5, 0.6) is 0 Å². The van der Waals surface area contributed by atoms with E-state index in [9.17, 15) is 14.0 Å². The van der Waals surface area contributed by atoms with Crippen LogP contribution < -0.4 is 10.2 Å². The summed E-state index contributed by atoms with van der Waals surface area (Å²) in [6.07, 6.45) is 1.80. The predicted octanol–water partition coefficient (Wildman–Crippen LogP) is 3.70. The first kappa shape index (κ1) is 23.1. The molecule has 8 nitrogen and oxygen atoms in total. The maximum atomic E-state index is 13.8. The number of halogens is 1. The van der Waals surface area contributed by atoms with Gasteiger partial charge in [0.05, 0.1) is 11.6 Å². The molecule has 2 atom stereocenters. The SMILES string of the molecule is O=C(NC[C@H]1CCCO1)[C@@H](c1cccs1)N(C(=O)Cn1nnc2ccccc21)c1ccc(F)cc1. The second-order valence-electron chi connectivity index (χ2n) is 8.27. The highest BCUT2D eigenvalue weighted by molar-refractivity contribution is 7.10. The Labute approximate surface area is 205 Å². The lowest BCUT2D eigenvalue weighted by molar-refractivity contribution is -0.127. The summed E-state index contributed by atoms with van der Waals surface area (Å²) in [5.74, 6) is -1.14. The van der Waals surface area contributed by atoms with E-state index in [1.54, 1.807) is 0 Å². The second-order valence-corrected chi connectivity index (χ2v) is 9.25. The molecule has 1 fully saturated rings. The van der Waals surface area contributed by atoms with E-state index in [2.05, 4.69) is 15.6 Å². The molecule has 5 rings (SSSR count). The van der Waals surface area contributed by atoms with Crippen LogP contribution in [0, 0.1) is 5.82 Å². The fourth-order valence-corrected chi connectivity index (χ4v) is 5.03. The molecule has 35 heavy (non-hydrogen) atoms. The number of carbonyl (C=O) groups is 2. The van der Waals surface area contributed by atoms with Gasteiger partial charge in [-0.05, 0) is 60.7 Å². The number of ether oxygens (including phenoxy) is 1. The number of nitrogens with one attached hydrogen (secondary N) is 1. The minimum Gasteiger partial charge on any atom is -0.376 e. The van der Waals surface area contributed by atoms with Crippen LogP contribution in [0.25, 0.3) is 11.0 Å². The van der Waals surface area contributed by atoms with Crippen molar-refractivity contribution in [3.05, 3.63) is 76.7 Å². The number of hydrogen-bond acceptors (Lipinski definition) is 6. The normalized spacial score (nSPS) is 16.3. The van der Waals surface area contributed by atoms with Gasteiger partial charge in [-0.1, -0.05) is 23.4 Å². The molecule has 180 valence electrons. The maximum Gasteiger partial charge on any atom is 0.249 e. The molecule has 1 saturated heterocycles. The van der Waals surface area contributed by atoms with Crippen LogP contribution in [0.3, 0.4) is 0 Å². The zero-order chi connectivity index (χ0) is 24.2. The number of para-hydroxylation sites is 1. The molecule has 1 aliphatic heterocycles. The highest BCUT2D eigenvalue weighted by Gasteiger charge is 2.34. The Bertz CT molecular complexity index is 1300. The number of hydrogen-bond donors (Lipinski definition) is 1. The molecule has 1 aliphatic rings. The smallest absolute Gasteiger partial charge is 0.249 e. The van der Waals surface area contributed by atoms with Gasteiger partial charge in [-0.15, -0.1) is 16.4 Å². The summed E-state index contributed by atoms with van der Waals surface area (Å²) in [5.41, 5.74) is 1.78. The van der Waals surface area contributed by atoms with E-state index < -0.39 is 11.9 Å². The van der Waals surface area contributed by atoms with Gasteiger partial charge in [-0.3, -0.25) is 14.5 Å². The molecule has 2 aromatic carbocycles. The lowest BCUT2D eigenvalue weighted by Gasteiger charge is -2.31. The highest BCUT2D eigenvalue weighted by atomic mass is 32.1. The van der Waals surface area contributed by atoms with Gasteiger partial charge in [0, 0.05) is 23.7 Å². The van der Waals surface area contributed by atoms with Gasteiger partial charge >= 0.3 is 0 Å². The molecular formula is C25H24FN5O3S. The van der Waals surface area contributed by atoms with Crippen LogP contribution in [-0.4, -0.2) is 46.1 Å². The number of nitrogens with zero attached hydrogens (tertiary/aromatic N) is 4. The van der Waals surface area contributed by atoms with E-state index in [1.165, 1.54) is 45.2 Å². The van der Waals surface area contributed by atoms with Gasteiger partial charge in [0.15, 0.2) is 0 Å². The van der Waals surface area contributed by atoms with Gasteiger partial charge in [-0.2, -0.15) is 0 Å². The molecule has 0 radical (unpaired) electrons. The minimum absolute atomic E-state index is 0.0422. The van der Waals surface area contributed by atoms with Crippen molar-refractivity contribution < 1.29 is 18.7 Å². The van der Waals surface area contributed by atoms with E-state index in [-0.39, 0.29) is 24.5 Å². The summed E-state index contributed by atoms with van der Waals surface area (Å²) >= 11 is 1.38. The van der Waals surface area contributed by atoms with E-state index in [1.807, 2.05) is 41.8 Å². The molecule has 1 N–H and O–H groups in total. The third-order valence-corrected chi connectivity index (χ3v) is 6.85. The van der Waals surface area contributed by atoms with Crippen molar-refractivity contribution in [2.24, 2.45) is 0 Å². The van der Waals surface area contributed by atoms with Crippen molar-refractivity contribution in [1.29, 1.82) is 0 Å². The van der Waals surface area contributed by atoms with Gasteiger partial charge in [0.1, 0.15) is 23.9 Å². The Hall–Kier alpha value is -3.63. The third kappa shape index (κ3) is 5.08. The summed E-state index contributed by atoms with van der Waals surface area (Å²) in [6.45, 7) is 0.902. The van der Waals surface area contributed by atoms with Gasteiger partial charge in [0.2, 0.25) is 11.8 Å². The molecular weight excluding hydrogens is 469 g/mol. The largest absolute Gasteiger partial charge is 0.376 e. The zero-order valence-electron chi connectivity index (χ0n) is 18.8. The molecule has 10 heteroatoms. The molecule has 0 unspecified atom stereocenters. The Morgan fingerprint density at radius 3 is 2.74 bits per heavy atom. The summed E-state index contributed by atoms with van der Waals surface area (Å²) in [7, 11) is 0. The van der Waals surface area contributed by atoms with Gasteiger partial charge in [-0.25, -0.2) is 9.07 Å². The molecule has 0 spiro atoms. The van der Waals surface area contributed by atoms with E-state index in [0.29, 0.717) is 34.7 Å². The van der Waals surface area contributed by atoms with E-state index >= 15 is 0 Å². The van der Waals surface area contributed by atoms with Crippen molar-refractivity contribution in [2.75, 3.05) is 18.1 Å². The van der Waals surface area contributed by atoms with Crippen molar-refractivity contribution in [3.8, 4) is 0 Å². The first-order chi connectivity index (χ1) is 17.1. The summed E-state index contributed by atoms with van der Waals surface area (Å²) in [5, 5.41) is 13.1. The van der Waals surface area contributed by atoms with Crippen molar-refractivity contribution in [3.63, 3.8) is 0 Å². The van der Waals surface area contributed by atoms with Crippen LogP contribution in [0.4, 0.5) is 10.1 Å². The molecule has 0 bridgehead atoms. The fourth-order valence-electron chi connectivity index (χ4n) is 4.21. The van der Waals surface area contributed by atoms with Crippen LogP contribution in [0.2, 0.25) is 0 Å². The Balaban J connectivity index is 1.49. The monoisotopic (exact) mass is 493 g/mol. The molecule has 4 aromatic rings. The molecule has 2 amide bonds. The predicted molar refractivity (Wildman–Crippen MR) is 130 cm³/mol. The molecule has 0 saturated carbocycles. The van der Waals surface area contributed by atoms with Crippen LogP contribution >= 0.6 is 11.3 Å². The maximum absolute atomic E-state index is 13.8. The number of anilines is 1. The number of fused-ring (bicyclic) bond motifs is 1. The van der Waals surface area contributed by atoms with Crippen LogP contribution in [-0.2, 0) is 20.9 Å². The van der Waals surface area contributed by atoms with Gasteiger partial charge < -0.3 is 10.1 Å². The average molecular weight is 494 g/mol. The summed E-state index contributed by atoms with van der Waals surface area (Å²) in [6, 6.07) is 15.6. The Kier molecular flexibility index (Phi) is 6.82. The second kappa shape index (κ2) is 10.3.